The molecule has 2 nitrogen and oxygen atoms in total. The molecule has 1 rings (SSSR count). The fourth-order valence-corrected chi connectivity index (χ4v) is 1.09. The van der Waals surface area contributed by atoms with Crippen molar-refractivity contribution in [2.45, 2.75) is 19.5 Å². The molecule has 78 valence electrons. The van der Waals surface area contributed by atoms with Crippen LogP contribution in [0.3, 0.4) is 0 Å². The molecule has 1 aromatic rings. The Morgan fingerprint density at radius 1 is 1.29 bits per heavy atom. The van der Waals surface area contributed by atoms with Gasteiger partial charge in [0.1, 0.15) is 11.6 Å². The maximum absolute atomic E-state index is 12.7. The van der Waals surface area contributed by atoms with Crippen molar-refractivity contribution in [3.63, 3.8) is 0 Å². The van der Waals surface area contributed by atoms with Gasteiger partial charge >= 0.3 is 0 Å². The smallest absolute Gasteiger partial charge is 0.126 e. The van der Waals surface area contributed by atoms with Crippen molar-refractivity contribution in [1.29, 1.82) is 0 Å². The van der Waals surface area contributed by atoms with E-state index in [4.69, 9.17) is 5.73 Å². The van der Waals surface area contributed by atoms with E-state index in [9.17, 15) is 8.78 Å². The molecule has 0 aliphatic heterocycles. The highest BCUT2D eigenvalue weighted by Crippen LogP contribution is 2.07. The molecule has 4 heteroatoms. The predicted molar refractivity (Wildman–Crippen MR) is 51.7 cm³/mol. The molecule has 0 unspecified atom stereocenters. The van der Waals surface area contributed by atoms with Gasteiger partial charge in [0.2, 0.25) is 0 Å². The lowest BCUT2D eigenvalue weighted by Crippen LogP contribution is -2.32. The Labute approximate surface area is 82.1 Å². The number of nitrogens with two attached hydrogens (primary N) is 1. The van der Waals surface area contributed by atoms with E-state index in [-0.39, 0.29) is 6.04 Å². The van der Waals surface area contributed by atoms with Gasteiger partial charge in [0.15, 0.2) is 0 Å². The third kappa shape index (κ3) is 3.40. The van der Waals surface area contributed by atoms with Crippen molar-refractivity contribution >= 4 is 0 Å². The van der Waals surface area contributed by atoms with Crippen LogP contribution in [-0.4, -0.2) is 12.6 Å². The number of hydrogen-bond donors (Lipinski definition) is 2. The summed E-state index contributed by atoms with van der Waals surface area (Å²) in [4.78, 5) is 0. The third-order valence-corrected chi connectivity index (χ3v) is 1.93. The number of halogens is 2. The van der Waals surface area contributed by atoms with Crippen molar-refractivity contribution in [2.75, 3.05) is 6.54 Å². The van der Waals surface area contributed by atoms with E-state index in [1.165, 1.54) is 12.1 Å². The van der Waals surface area contributed by atoms with Crippen LogP contribution in [0.2, 0.25) is 0 Å². The van der Waals surface area contributed by atoms with E-state index >= 15 is 0 Å². The summed E-state index contributed by atoms with van der Waals surface area (Å²) in [5, 5.41) is 3.04. The third-order valence-electron chi connectivity index (χ3n) is 1.93. The zero-order valence-corrected chi connectivity index (χ0v) is 8.06. The van der Waals surface area contributed by atoms with Gasteiger partial charge in [-0.1, -0.05) is 0 Å². The molecule has 0 spiro atoms. The maximum atomic E-state index is 12.7. The first-order chi connectivity index (χ1) is 6.61. The summed E-state index contributed by atoms with van der Waals surface area (Å²) in [7, 11) is 0. The molecule has 1 aromatic carbocycles. The monoisotopic (exact) mass is 200 g/mol. The molecule has 0 bridgehead atoms. The first-order valence-electron chi connectivity index (χ1n) is 4.50. The highest BCUT2D eigenvalue weighted by Gasteiger charge is 2.02. The van der Waals surface area contributed by atoms with Gasteiger partial charge in [0.25, 0.3) is 0 Å². The molecule has 0 heterocycles. The molecule has 0 saturated carbocycles. The summed E-state index contributed by atoms with van der Waals surface area (Å²) in [6.45, 7) is 2.83. The van der Waals surface area contributed by atoms with Gasteiger partial charge in [-0.05, 0) is 24.6 Å². The fourth-order valence-electron chi connectivity index (χ4n) is 1.09. The Morgan fingerprint density at radius 2 is 1.86 bits per heavy atom. The summed E-state index contributed by atoms with van der Waals surface area (Å²) >= 11 is 0. The van der Waals surface area contributed by atoms with E-state index in [1.807, 2.05) is 6.92 Å². The second-order valence-corrected chi connectivity index (χ2v) is 3.30. The van der Waals surface area contributed by atoms with Crippen LogP contribution in [0.1, 0.15) is 12.5 Å². The molecule has 0 aliphatic rings. The summed E-state index contributed by atoms with van der Waals surface area (Å²) in [5.74, 6) is -1.11. The SMILES string of the molecule is C[C@H](CN)NCc1cc(F)cc(F)c1. The number of nitrogens with one attached hydrogen (secondary N) is 1. The average Bonchev–Trinajstić information content (AvgIpc) is 2.12. The molecule has 14 heavy (non-hydrogen) atoms. The van der Waals surface area contributed by atoms with Crippen LogP contribution in [0, 0.1) is 11.6 Å². The number of benzene rings is 1. The average molecular weight is 200 g/mol. The van der Waals surface area contributed by atoms with Gasteiger partial charge in [-0.15, -0.1) is 0 Å². The topological polar surface area (TPSA) is 38.0 Å². The van der Waals surface area contributed by atoms with Crippen LogP contribution in [-0.2, 0) is 6.54 Å². The van der Waals surface area contributed by atoms with E-state index in [2.05, 4.69) is 5.32 Å². The van der Waals surface area contributed by atoms with Gasteiger partial charge in [-0.3, -0.25) is 0 Å². The van der Waals surface area contributed by atoms with Crippen molar-refractivity contribution in [3.8, 4) is 0 Å². The molecule has 3 N–H and O–H groups in total. The quantitative estimate of drug-likeness (QED) is 0.771. The largest absolute Gasteiger partial charge is 0.329 e. The second kappa shape index (κ2) is 5.02. The Bertz CT molecular complexity index is 282. The van der Waals surface area contributed by atoms with Gasteiger partial charge in [-0.2, -0.15) is 0 Å². The van der Waals surface area contributed by atoms with Crippen molar-refractivity contribution in [1.82, 2.24) is 5.32 Å². The van der Waals surface area contributed by atoms with E-state index in [0.717, 1.165) is 6.07 Å². The van der Waals surface area contributed by atoms with Crippen LogP contribution >= 0.6 is 0 Å². The van der Waals surface area contributed by atoms with Crippen molar-refractivity contribution in [3.05, 3.63) is 35.4 Å². The van der Waals surface area contributed by atoms with Crippen LogP contribution < -0.4 is 11.1 Å². The van der Waals surface area contributed by atoms with Crippen molar-refractivity contribution in [2.24, 2.45) is 5.73 Å². The minimum atomic E-state index is -0.554. The number of hydrogen-bond acceptors (Lipinski definition) is 2. The van der Waals surface area contributed by atoms with Gasteiger partial charge in [-0.25, -0.2) is 8.78 Å². The minimum absolute atomic E-state index is 0.140. The molecule has 0 fully saturated rings. The number of rotatable bonds is 4. The summed E-state index contributed by atoms with van der Waals surface area (Å²) in [6.07, 6.45) is 0. The lowest BCUT2D eigenvalue weighted by Gasteiger charge is -2.10. The molecule has 0 radical (unpaired) electrons. The normalized spacial score (nSPS) is 12.9. The fraction of sp³-hybridized carbons (Fsp3) is 0.400. The Morgan fingerprint density at radius 3 is 2.36 bits per heavy atom. The lowest BCUT2D eigenvalue weighted by molar-refractivity contribution is 0.544. The Balaban J connectivity index is 2.58. The van der Waals surface area contributed by atoms with Gasteiger partial charge in [0, 0.05) is 25.2 Å². The van der Waals surface area contributed by atoms with E-state index in [1.54, 1.807) is 0 Å². The van der Waals surface area contributed by atoms with Crippen LogP contribution in [0.15, 0.2) is 18.2 Å². The van der Waals surface area contributed by atoms with Crippen LogP contribution in [0.5, 0.6) is 0 Å². The minimum Gasteiger partial charge on any atom is -0.329 e. The maximum Gasteiger partial charge on any atom is 0.126 e. The van der Waals surface area contributed by atoms with Crippen LogP contribution in [0.25, 0.3) is 0 Å². The standard InChI is InChI=1S/C10H14F2N2/c1-7(5-13)14-6-8-2-9(11)4-10(12)3-8/h2-4,7,14H,5-6,13H2,1H3/t7-/m1/s1. The van der Waals surface area contributed by atoms with Crippen molar-refractivity contribution < 1.29 is 8.78 Å². The summed E-state index contributed by atoms with van der Waals surface area (Å²) in [5.41, 5.74) is 5.97. The van der Waals surface area contributed by atoms with Crippen LogP contribution in [0.4, 0.5) is 8.78 Å². The zero-order valence-electron chi connectivity index (χ0n) is 8.06. The molecular weight excluding hydrogens is 186 g/mol. The lowest BCUT2D eigenvalue weighted by atomic mass is 10.2. The molecule has 0 aliphatic carbocycles. The predicted octanol–water partition coefficient (Wildman–Crippen LogP) is 1.40. The zero-order chi connectivity index (χ0) is 10.6. The summed E-state index contributed by atoms with van der Waals surface area (Å²) in [6, 6.07) is 3.61. The second-order valence-electron chi connectivity index (χ2n) is 3.30. The Kier molecular flexibility index (Phi) is 3.98. The highest BCUT2D eigenvalue weighted by atomic mass is 19.1. The van der Waals surface area contributed by atoms with E-state index < -0.39 is 11.6 Å². The molecule has 0 saturated heterocycles. The Hall–Kier alpha value is -1.00. The van der Waals surface area contributed by atoms with Gasteiger partial charge < -0.3 is 11.1 Å². The first-order valence-corrected chi connectivity index (χ1v) is 4.50. The molecule has 0 amide bonds. The van der Waals surface area contributed by atoms with E-state index in [0.29, 0.717) is 18.7 Å². The molecule has 1 atom stereocenters. The molecular formula is C10H14F2N2. The summed E-state index contributed by atoms with van der Waals surface area (Å²) < 4.78 is 25.5. The highest BCUT2D eigenvalue weighted by molar-refractivity contribution is 5.17. The van der Waals surface area contributed by atoms with Gasteiger partial charge in [0.05, 0.1) is 0 Å². The molecule has 0 aromatic heterocycles. The first kappa shape index (κ1) is 11.1.